The molecule has 0 radical (unpaired) electrons. The van der Waals surface area contributed by atoms with Gasteiger partial charge in [0.15, 0.2) is 0 Å². The number of amides is 1. The first-order valence-corrected chi connectivity index (χ1v) is 9.53. The van der Waals surface area contributed by atoms with Crippen LogP contribution >= 0.6 is 0 Å². The molecule has 0 spiro atoms. The summed E-state index contributed by atoms with van der Waals surface area (Å²) in [5.41, 5.74) is 3.13. The molecule has 4 rings (SSSR count). The second kappa shape index (κ2) is 7.06. The number of aromatic nitrogens is 2. The van der Waals surface area contributed by atoms with Crippen molar-refractivity contribution in [2.75, 3.05) is 25.0 Å². The third-order valence-corrected chi connectivity index (χ3v) is 5.66. The van der Waals surface area contributed by atoms with E-state index in [0.29, 0.717) is 12.0 Å². The van der Waals surface area contributed by atoms with Crippen LogP contribution in [0.3, 0.4) is 0 Å². The van der Waals surface area contributed by atoms with Gasteiger partial charge in [-0.3, -0.25) is 4.79 Å². The maximum atomic E-state index is 13.0. The predicted molar refractivity (Wildman–Crippen MR) is 103 cm³/mol. The molecule has 1 saturated carbocycles. The van der Waals surface area contributed by atoms with Gasteiger partial charge in [-0.25, -0.2) is 9.97 Å². The highest BCUT2D eigenvalue weighted by Gasteiger charge is 2.31. The number of benzene rings is 1. The van der Waals surface area contributed by atoms with Crippen LogP contribution in [0.2, 0.25) is 0 Å². The Bertz CT molecular complexity index is 794. The summed E-state index contributed by atoms with van der Waals surface area (Å²) in [5.74, 6) is 1.76. The first-order chi connectivity index (χ1) is 12.6. The van der Waals surface area contributed by atoms with E-state index < -0.39 is 0 Å². The van der Waals surface area contributed by atoms with Gasteiger partial charge in [-0.2, -0.15) is 0 Å². The van der Waals surface area contributed by atoms with Crippen molar-refractivity contribution in [1.29, 1.82) is 0 Å². The van der Waals surface area contributed by atoms with Crippen LogP contribution in [0, 0.1) is 6.92 Å². The maximum absolute atomic E-state index is 13.0. The Balaban J connectivity index is 1.41. The molecule has 1 aliphatic carbocycles. The standard InChI is InChI=1S/C21H26N4O/c1-15-13-20(23-14-22-15)24(2)17-9-11-25(12-10-17)21(26)19-6-4-3-5-18(19)16-7-8-16/h3-6,13-14,16-17H,7-12H2,1-2H3. The molecule has 5 heteroatoms. The maximum Gasteiger partial charge on any atom is 0.254 e. The Labute approximate surface area is 155 Å². The minimum Gasteiger partial charge on any atom is -0.356 e. The molecule has 2 aliphatic rings. The van der Waals surface area contributed by atoms with Gasteiger partial charge in [0.25, 0.3) is 5.91 Å². The number of carbonyl (C=O) groups is 1. The number of nitrogens with zero attached hydrogens (tertiary/aromatic N) is 4. The number of anilines is 1. The molecule has 1 aliphatic heterocycles. The van der Waals surface area contributed by atoms with E-state index in [4.69, 9.17) is 0 Å². The second-order valence-electron chi connectivity index (χ2n) is 7.51. The van der Waals surface area contributed by atoms with Crippen molar-refractivity contribution in [3.8, 4) is 0 Å². The largest absolute Gasteiger partial charge is 0.356 e. The van der Waals surface area contributed by atoms with Crippen molar-refractivity contribution in [1.82, 2.24) is 14.9 Å². The molecule has 1 aromatic heterocycles. The smallest absolute Gasteiger partial charge is 0.254 e. The molecule has 0 atom stereocenters. The Morgan fingerprint density at radius 1 is 1.12 bits per heavy atom. The number of rotatable bonds is 4. The fraction of sp³-hybridized carbons (Fsp3) is 0.476. The summed E-state index contributed by atoms with van der Waals surface area (Å²) in [6, 6.07) is 10.6. The van der Waals surface area contributed by atoms with Crippen molar-refractivity contribution in [2.45, 2.75) is 44.6 Å². The molecule has 0 unspecified atom stereocenters. The van der Waals surface area contributed by atoms with Gasteiger partial charge in [0, 0.05) is 43.5 Å². The van der Waals surface area contributed by atoms with Crippen LogP contribution in [0.15, 0.2) is 36.7 Å². The number of piperidine rings is 1. The molecule has 1 amide bonds. The van der Waals surface area contributed by atoms with E-state index in [1.165, 1.54) is 18.4 Å². The number of hydrogen-bond acceptors (Lipinski definition) is 4. The fourth-order valence-corrected chi connectivity index (χ4v) is 3.89. The highest BCUT2D eigenvalue weighted by atomic mass is 16.2. The molecule has 2 aromatic rings. The van der Waals surface area contributed by atoms with Crippen molar-refractivity contribution in [2.24, 2.45) is 0 Å². The van der Waals surface area contributed by atoms with Gasteiger partial charge < -0.3 is 9.80 Å². The molecule has 0 N–H and O–H groups in total. The second-order valence-corrected chi connectivity index (χ2v) is 7.51. The summed E-state index contributed by atoms with van der Waals surface area (Å²) in [6.45, 7) is 3.59. The minimum atomic E-state index is 0.200. The van der Waals surface area contributed by atoms with E-state index in [-0.39, 0.29) is 5.91 Å². The molecule has 26 heavy (non-hydrogen) atoms. The van der Waals surface area contributed by atoms with Crippen molar-refractivity contribution >= 4 is 11.7 Å². The van der Waals surface area contributed by atoms with Crippen LogP contribution in [0.4, 0.5) is 5.82 Å². The monoisotopic (exact) mass is 350 g/mol. The summed E-state index contributed by atoms with van der Waals surface area (Å²) >= 11 is 0. The van der Waals surface area contributed by atoms with E-state index in [0.717, 1.165) is 43.0 Å². The predicted octanol–water partition coefficient (Wildman–Crippen LogP) is 3.40. The van der Waals surface area contributed by atoms with Crippen molar-refractivity contribution in [3.05, 3.63) is 53.5 Å². The highest BCUT2D eigenvalue weighted by Crippen LogP contribution is 2.41. The lowest BCUT2D eigenvalue weighted by Gasteiger charge is -2.37. The molecule has 2 fully saturated rings. The van der Waals surface area contributed by atoms with Crippen LogP contribution < -0.4 is 4.90 Å². The highest BCUT2D eigenvalue weighted by molar-refractivity contribution is 5.96. The average Bonchev–Trinajstić information content (AvgIpc) is 3.52. The molecule has 0 bridgehead atoms. The van der Waals surface area contributed by atoms with Gasteiger partial charge in [0.2, 0.25) is 0 Å². The molecule has 2 heterocycles. The number of likely N-dealkylation sites (tertiary alicyclic amines) is 1. The van der Waals surface area contributed by atoms with Crippen molar-refractivity contribution < 1.29 is 4.79 Å². The van der Waals surface area contributed by atoms with Gasteiger partial charge in [-0.1, -0.05) is 18.2 Å². The lowest BCUT2D eigenvalue weighted by atomic mass is 9.99. The normalized spacial score (nSPS) is 18.0. The van der Waals surface area contributed by atoms with Gasteiger partial charge in [-0.15, -0.1) is 0 Å². The van der Waals surface area contributed by atoms with Crippen LogP contribution in [0.1, 0.15) is 53.2 Å². The first kappa shape index (κ1) is 17.0. The zero-order valence-electron chi connectivity index (χ0n) is 15.6. The molecular formula is C21H26N4O. The fourth-order valence-electron chi connectivity index (χ4n) is 3.89. The van der Waals surface area contributed by atoms with E-state index >= 15 is 0 Å². The lowest BCUT2D eigenvalue weighted by Crippen LogP contribution is -2.46. The van der Waals surface area contributed by atoms with Crippen LogP contribution in [-0.4, -0.2) is 47.0 Å². The minimum absolute atomic E-state index is 0.200. The van der Waals surface area contributed by atoms with E-state index in [9.17, 15) is 4.79 Å². The Hall–Kier alpha value is -2.43. The van der Waals surface area contributed by atoms with Gasteiger partial charge in [-0.05, 0) is 50.2 Å². The summed E-state index contributed by atoms with van der Waals surface area (Å²) in [7, 11) is 2.09. The topological polar surface area (TPSA) is 49.3 Å². The Kier molecular flexibility index (Phi) is 4.62. The average molecular weight is 350 g/mol. The lowest BCUT2D eigenvalue weighted by molar-refractivity contribution is 0.0712. The quantitative estimate of drug-likeness (QED) is 0.848. The Morgan fingerprint density at radius 3 is 2.54 bits per heavy atom. The zero-order valence-corrected chi connectivity index (χ0v) is 15.6. The van der Waals surface area contributed by atoms with Crippen LogP contribution in [0.25, 0.3) is 0 Å². The van der Waals surface area contributed by atoms with Crippen molar-refractivity contribution in [3.63, 3.8) is 0 Å². The summed E-state index contributed by atoms with van der Waals surface area (Å²) in [6.07, 6.45) is 5.99. The number of hydrogen-bond donors (Lipinski definition) is 0. The van der Waals surface area contributed by atoms with Gasteiger partial charge in [0.1, 0.15) is 12.1 Å². The first-order valence-electron chi connectivity index (χ1n) is 9.53. The van der Waals surface area contributed by atoms with E-state index in [1.54, 1.807) is 6.33 Å². The number of aryl methyl sites for hydroxylation is 1. The molecule has 1 saturated heterocycles. The Morgan fingerprint density at radius 2 is 1.85 bits per heavy atom. The summed E-state index contributed by atoms with van der Waals surface area (Å²) in [5, 5.41) is 0. The molecule has 1 aromatic carbocycles. The van der Waals surface area contributed by atoms with Gasteiger partial charge in [0.05, 0.1) is 0 Å². The molecule has 5 nitrogen and oxygen atoms in total. The van der Waals surface area contributed by atoms with E-state index in [1.807, 2.05) is 30.0 Å². The zero-order chi connectivity index (χ0) is 18.1. The van der Waals surface area contributed by atoms with Crippen LogP contribution in [0.5, 0.6) is 0 Å². The number of carbonyl (C=O) groups excluding carboxylic acids is 1. The summed E-state index contributed by atoms with van der Waals surface area (Å²) < 4.78 is 0. The summed E-state index contributed by atoms with van der Waals surface area (Å²) in [4.78, 5) is 25.9. The van der Waals surface area contributed by atoms with E-state index in [2.05, 4.69) is 34.0 Å². The van der Waals surface area contributed by atoms with Crippen LogP contribution in [-0.2, 0) is 0 Å². The SMILES string of the molecule is Cc1cc(N(C)C2CCN(C(=O)c3ccccc3C3CC3)CC2)ncn1. The third-order valence-electron chi connectivity index (χ3n) is 5.66. The van der Waals surface area contributed by atoms with Gasteiger partial charge >= 0.3 is 0 Å². The molecule has 136 valence electrons. The molecular weight excluding hydrogens is 324 g/mol. The third kappa shape index (κ3) is 3.43.